The summed E-state index contributed by atoms with van der Waals surface area (Å²) < 4.78 is 11.0. The molecule has 24 heavy (non-hydrogen) atoms. The average Bonchev–Trinajstić information content (AvgIpc) is 3.14. The first-order chi connectivity index (χ1) is 11.4. The summed E-state index contributed by atoms with van der Waals surface area (Å²) in [5, 5.41) is 6.84. The van der Waals surface area contributed by atoms with E-state index in [4.69, 9.17) is 9.26 Å². The molecule has 0 aliphatic carbocycles. The summed E-state index contributed by atoms with van der Waals surface area (Å²) in [6.45, 7) is 7.36. The maximum Gasteiger partial charge on any atom is 0.276 e. The summed E-state index contributed by atoms with van der Waals surface area (Å²) in [6.07, 6.45) is 2.38. The van der Waals surface area contributed by atoms with Crippen LogP contribution in [0.15, 0.2) is 10.6 Å². The molecule has 1 spiro atoms. The van der Waals surface area contributed by atoms with Gasteiger partial charge in [0.2, 0.25) is 5.91 Å². The van der Waals surface area contributed by atoms with Crippen LogP contribution in [0, 0.1) is 12.8 Å². The highest BCUT2D eigenvalue weighted by molar-refractivity contribution is 5.92. The molecule has 7 nitrogen and oxygen atoms in total. The zero-order valence-electron chi connectivity index (χ0n) is 14.5. The number of rotatable bonds is 3. The molecule has 0 aromatic carbocycles. The molecule has 2 amide bonds. The second kappa shape index (κ2) is 6.55. The third-order valence-corrected chi connectivity index (χ3v) is 4.89. The Hall–Kier alpha value is -1.89. The standard InChI is InChI=1S/C17H25N3O4/c1-11(2)15(21)18-13-9-17(23-10-13)4-6-20(7-5-17)16(22)14-8-12(3)24-19-14/h8,11,13H,4-7,9-10H2,1-3H3,(H,18,21)/t13-/m1/s1. The summed E-state index contributed by atoms with van der Waals surface area (Å²) in [6, 6.07) is 1.73. The van der Waals surface area contributed by atoms with Crippen molar-refractivity contribution >= 4 is 11.8 Å². The fourth-order valence-corrected chi connectivity index (χ4v) is 3.40. The molecule has 0 unspecified atom stereocenters. The largest absolute Gasteiger partial charge is 0.373 e. The molecule has 0 saturated carbocycles. The molecule has 2 aliphatic heterocycles. The van der Waals surface area contributed by atoms with Crippen LogP contribution >= 0.6 is 0 Å². The number of piperidine rings is 1. The number of amides is 2. The van der Waals surface area contributed by atoms with Crippen LogP contribution in [0.1, 0.15) is 49.4 Å². The van der Waals surface area contributed by atoms with Crippen molar-refractivity contribution in [1.82, 2.24) is 15.4 Å². The quantitative estimate of drug-likeness (QED) is 0.905. The van der Waals surface area contributed by atoms with Crippen molar-refractivity contribution in [3.05, 3.63) is 17.5 Å². The molecular formula is C17H25N3O4. The monoisotopic (exact) mass is 335 g/mol. The van der Waals surface area contributed by atoms with Gasteiger partial charge in [-0.15, -0.1) is 0 Å². The lowest BCUT2D eigenvalue weighted by Crippen LogP contribution is -2.47. The van der Waals surface area contributed by atoms with Gasteiger partial charge in [0.05, 0.1) is 18.2 Å². The predicted octanol–water partition coefficient (Wildman–Crippen LogP) is 1.52. The van der Waals surface area contributed by atoms with E-state index < -0.39 is 0 Å². The summed E-state index contributed by atoms with van der Waals surface area (Å²) >= 11 is 0. The van der Waals surface area contributed by atoms with E-state index in [9.17, 15) is 9.59 Å². The molecule has 132 valence electrons. The van der Waals surface area contributed by atoms with E-state index in [1.165, 1.54) is 0 Å². The summed E-state index contributed by atoms with van der Waals surface area (Å²) in [4.78, 5) is 26.0. The minimum absolute atomic E-state index is 0.0214. The van der Waals surface area contributed by atoms with Gasteiger partial charge >= 0.3 is 0 Å². The van der Waals surface area contributed by atoms with E-state index in [1.54, 1.807) is 17.9 Å². The van der Waals surface area contributed by atoms with Crippen molar-refractivity contribution in [2.75, 3.05) is 19.7 Å². The van der Waals surface area contributed by atoms with Crippen LogP contribution in [-0.2, 0) is 9.53 Å². The van der Waals surface area contributed by atoms with E-state index in [1.807, 2.05) is 13.8 Å². The molecule has 1 atom stereocenters. The van der Waals surface area contributed by atoms with Crippen molar-refractivity contribution < 1.29 is 18.8 Å². The van der Waals surface area contributed by atoms with Crippen molar-refractivity contribution in [2.45, 2.75) is 51.7 Å². The van der Waals surface area contributed by atoms with Gasteiger partial charge in [-0.05, 0) is 26.2 Å². The van der Waals surface area contributed by atoms with E-state index in [0.717, 1.165) is 19.3 Å². The van der Waals surface area contributed by atoms with Crippen LogP contribution in [0.3, 0.4) is 0 Å². The Bertz CT molecular complexity index is 617. The maximum absolute atomic E-state index is 12.4. The predicted molar refractivity (Wildman–Crippen MR) is 86.4 cm³/mol. The number of nitrogens with zero attached hydrogens (tertiary/aromatic N) is 2. The van der Waals surface area contributed by atoms with Crippen molar-refractivity contribution in [1.29, 1.82) is 0 Å². The summed E-state index contributed by atoms with van der Waals surface area (Å²) in [5.41, 5.74) is 0.142. The number of carbonyl (C=O) groups excluding carboxylic acids is 2. The lowest BCUT2D eigenvalue weighted by Gasteiger charge is -2.38. The van der Waals surface area contributed by atoms with Crippen LogP contribution in [-0.4, -0.2) is 53.2 Å². The van der Waals surface area contributed by atoms with Crippen LogP contribution in [0.4, 0.5) is 0 Å². The summed E-state index contributed by atoms with van der Waals surface area (Å²) in [7, 11) is 0. The Morgan fingerprint density at radius 2 is 2.08 bits per heavy atom. The number of ether oxygens (including phenoxy) is 1. The van der Waals surface area contributed by atoms with Gasteiger partial charge in [0, 0.05) is 25.1 Å². The smallest absolute Gasteiger partial charge is 0.276 e. The minimum Gasteiger partial charge on any atom is -0.373 e. The maximum atomic E-state index is 12.4. The number of nitrogens with one attached hydrogen (secondary N) is 1. The van der Waals surface area contributed by atoms with E-state index in [2.05, 4.69) is 10.5 Å². The normalized spacial score (nSPS) is 23.0. The number of likely N-dealkylation sites (tertiary alicyclic amines) is 1. The lowest BCUT2D eigenvalue weighted by atomic mass is 9.87. The van der Waals surface area contributed by atoms with Gasteiger partial charge < -0.3 is 19.5 Å². The Morgan fingerprint density at radius 1 is 1.38 bits per heavy atom. The fourth-order valence-electron chi connectivity index (χ4n) is 3.40. The number of hydrogen-bond acceptors (Lipinski definition) is 5. The molecule has 0 radical (unpaired) electrons. The van der Waals surface area contributed by atoms with Gasteiger partial charge in [-0.3, -0.25) is 9.59 Å². The zero-order valence-corrected chi connectivity index (χ0v) is 14.5. The van der Waals surface area contributed by atoms with Crippen molar-refractivity contribution in [3.63, 3.8) is 0 Å². The van der Waals surface area contributed by atoms with Crippen molar-refractivity contribution in [2.24, 2.45) is 5.92 Å². The van der Waals surface area contributed by atoms with E-state index in [0.29, 0.717) is 31.2 Å². The molecule has 2 aliphatic rings. The van der Waals surface area contributed by atoms with E-state index in [-0.39, 0.29) is 29.4 Å². The first-order valence-corrected chi connectivity index (χ1v) is 8.55. The first kappa shape index (κ1) is 17.0. The van der Waals surface area contributed by atoms with Crippen LogP contribution in [0.5, 0.6) is 0 Å². The second-order valence-corrected chi connectivity index (χ2v) is 7.17. The number of aromatic nitrogens is 1. The topological polar surface area (TPSA) is 84.7 Å². The Labute approximate surface area is 141 Å². The third kappa shape index (κ3) is 3.45. The molecule has 3 rings (SSSR count). The number of carbonyl (C=O) groups is 2. The molecular weight excluding hydrogens is 310 g/mol. The molecule has 7 heteroatoms. The molecule has 2 saturated heterocycles. The number of hydrogen-bond donors (Lipinski definition) is 1. The molecule has 1 aromatic rings. The third-order valence-electron chi connectivity index (χ3n) is 4.89. The Morgan fingerprint density at radius 3 is 2.67 bits per heavy atom. The van der Waals surface area contributed by atoms with Crippen LogP contribution in [0.2, 0.25) is 0 Å². The summed E-state index contributed by atoms with van der Waals surface area (Å²) in [5.74, 6) is 0.584. The van der Waals surface area contributed by atoms with Crippen molar-refractivity contribution in [3.8, 4) is 0 Å². The number of aryl methyl sites for hydroxylation is 1. The fraction of sp³-hybridized carbons (Fsp3) is 0.706. The van der Waals surface area contributed by atoms with Gasteiger partial charge in [-0.2, -0.15) is 0 Å². The van der Waals surface area contributed by atoms with Gasteiger partial charge in [0.1, 0.15) is 5.76 Å². The molecule has 1 aromatic heterocycles. The van der Waals surface area contributed by atoms with Gasteiger partial charge in [-0.1, -0.05) is 19.0 Å². The van der Waals surface area contributed by atoms with Gasteiger partial charge in [-0.25, -0.2) is 0 Å². The van der Waals surface area contributed by atoms with Gasteiger partial charge in [0.15, 0.2) is 5.69 Å². The highest BCUT2D eigenvalue weighted by Gasteiger charge is 2.44. The van der Waals surface area contributed by atoms with E-state index >= 15 is 0 Å². The SMILES string of the molecule is Cc1cc(C(=O)N2CCC3(CC2)C[C@@H](NC(=O)C(C)C)CO3)no1. The Kier molecular flexibility index (Phi) is 4.62. The second-order valence-electron chi connectivity index (χ2n) is 7.17. The molecule has 0 bridgehead atoms. The average molecular weight is 335 g/mol. The molecule has 1 N–H and O–H groups in total. The zero-order chi connectivity index (χ0) is 17.3. The minimum atomic E-state index is -0.217. The molecule has 3 heterocycles. The first-order valence-electron chi connectivity index (χ1n) is 8.55. The molecule has 2 fully saturated rings. The lowest BCUT2D eigenvalue weighted by molar-refractivity contribution is -0.124. The Balaban J connectivity index is 1.53. The van der Waals surface area contributed by atoms with Crippen LogP contribution in [0.25, 0.3) is 0 Å². The highest BCUT2D eigenvalue weighted by atomic mass is 16.5. The van der Waals surface area contributed by atoms with Crippen LogP contribution < -0.4 is 5.32 Å². The highest BCUT2D eigenvalue weighted by Crippen LogP contribution is 2.36. The van der Waals surface area contributed by atoms with Gasteiger partial charge in [0.25, 0.3) is 5.91 Å².